The van der Waals surface area contributed by atoms with Gasteiger partial charge in [-0.2, -0.15) is 11.8 Å². The molecule has 0 saturated carbocycles. The Balaban J connectivity index is 1.71. The van der Waals surface area contributed by atoms with E-state index in [0.29, 0.717) is 6.04 Å². The summed E-state index contributed by atoms with van der Waals surface area (Å²) in [5.41, 5.74) is 5.88. The first-order valence-corrected chi connectivity index (χ1v) is 6.49. The second-order valence-electron chi connectivity index (χ2n) is 4.30. The topological polar surface area (TPSA) is 29.3 Å². The maximum atomic E-state index is 5.88. The van der Waals surface area contributed by atoms with Gasteiger partial charge in [-0.15, -0.1) is 0 Å². The lowest BCUT2D eigenvalue weighted by Crippen LogP contribution is -2.32. The zero-order chi connectivity index (χ0) is 9.10. The average molecular weight is 200 g/mol. The number of nitrogens with two attached hydrogens (primary N) is 1. The van der Waals surface area contributed by atoms with E-state index < -0.39 is 0 Å². The molecule has 2 rings (SSSR count). The van der Waals surface area contributed by atoms with E-state index >= 15 is 0 Å². The Bertz CT molecular complexity index is 154. The molecule has 76 valence electrons. The van der Waals surface area contributed by atoms with Gasteiger partial charge in [-0.05, 0) is 31.6 Å². The predicted molar refractivity (Wildman–Crippen MR) is 59.1 cm³/mol. The van der Waals surface area contributed by atoms with E-state index in [-0.39, 0.29) is 0 Å². The Labute approximate surface area is 85.2 Å². The highest BCUT2D eigenvalue weighted by atomic mass is 32.2. The molecule has 2 unspecified atom stereocenters. The number of hydrogen-bond acceptors (Lipinski definition) is 3. The average Bonchev–Trinajstić information content (AvgIpc) is 2.53. The van der Waals surface area contributed by atoms with Gasteiger partial charge in [0.05, 0.1) is 0 Å². The first-order chi connectivity index (χ1) is 6.34. The molecule has 2 saturated heterocycles. The van der Waals surface area contributed by atoms with Crippen LogP contribution in [0.5, 0.6) is 0 Å². The Morgan fingerprint density at radius 1 is 1.31 bits per heavy atom. The van der Waals surface area contributed by atoms with E-state index in [1.54, 1.807) is 0 Å². The minimum Gasteiger partial charge on any atom is -0.326 e. The first kappa shape index (κ1) is 9.81. The van der Waals surface area contributed by atoms with Crippen LogP contribution in [0.25, 0.3) is 0 Å². The minimum absolute atomic E-state index is 0.452. The minimum atomic E-state index is 0.452. The number of hydrogen-bond donors (Lipinski definition) is 1. The van der Waals surface area contributed by atoms with Crippen LogP contribution < -0.4 is 5.73 Å². The van der Waals surface area contributed by atoms with Crippen molar-refractivity contribution >= 4 is 11.8 Å². The van der Waals surface area contributed by atoms with Gasteiger partial charge in [0.2, 0.25) is 0 Å². The molecule has 2 heterocycles. The van der Waals surface area contributed by atoms with Crippen molar-refractivity contribution in [1.29, 1.82) is 0 Å². The molecule has 0 aromatic rings. The highest BCUT2D eigenvalue weighted by Crippen LogP contribution is 2.26. The highest BCUT2D eigenvalue weighted by molar-refractivity contribution is 7.99. The van der Waals surface area contributed by atoms with Crippen LogP contribution in [0, 0.1) is 0 Å². The van der Waals surface area contributed by atoms with Crippen LogP contribution >= 0.6 is 11.8 Å². The third kappa shape index (κ3) is 2.86. The standard InChI is InChI=1S/C10H20N2S/c11-9-4-5-12(7-9)8-10-3-1-2-6-13-10/h9-10H,1-8,11H2. The molecule has 2 nitrogen and oxygen atoms in total. The molecule has 3 heteroatoms. The molecule has 2 aliphatic heterocycles. The summed E-state index contributed by atoms with van der Waals surface area (Å²) in [6.07, 6.45) is 5.51. The van der Waals surface area contributed by atoms with E-state index in [1.807, 2.05) is 0 Å². The summed E-state index contributed by atoms with van der Waals surface area (Å²) in [6, 6.07) is 0.452. The molecular formula is C10H20N2S. The molecule has 2 N–H and O–H groups in total. The van der Waals surface area contributed by atoms with Crippen molar-refractivity contribution in [3.8, 4) is 0 Å². The summed E-state index contributed by atoms with van der Waals surface area (Å²) in [5.74, 6) is 1.38. The lowest BCUT2D eigenvalue weighted by atomic mass is 10.2. The highest BCUT2D eigenvalue weighted by Gasteiger charge is 2.23. The molecular weight excluding hydrogens is 180 g/mol. The van der Waals surface area contributed by atoms with Gasteiger partial charge >= 0.3 is 0 Å². The van der Waals surface area contributed by atoms with Gasteiger partial charge in [0.1, 0.15) is 0 Å². The van der Waals surface area contributed by atoms with Crippen LogP contribution in [0.2, 0.25) is 0 Å². The van der Waals surface area contributed by atoms with Crippen LogP contribution in [0.15, 0.2) is 0 Å². The van der Waals surface area contributed by atoms with Crippen LogP contribution in [-0.4, -0.2) is 41.6 Å². The van der Waals surface area contributed by atoms with Gasteiger partial charge in [0.25, 0.3) is 0 Å². The zero-order valence-corrected chi connectivity index (χ0v) is 9.06. The SMILES string of the molecule is NC1CCN(CC2CCCCS2)C1. The quantitative estimate of drug-likeness (QED) is 0.728. The van der Waals surface area contributed by atoms with Gasteiger partial charge < -0.3 is 10.6 Å². The van der Waals surface area contributed by atoms with Crippen LogP contribution in [0.1, 0.15) is 25.7 Å². The molecule has 0 amide bonds. The lowest BCUT2D eigenvalue weighted by molar-refractivity contribution is 0.327. The summed E-state index contributed by atoms with van der Waals surface area (Å²) in [5, 5.41) is 0.902. The summed E-state index contributed by atoms with van der Waals surface area (Å²) in [6.45, 7) is 3.66. The maximum Gasteiger partial charge on any atom is 0.0180 e. The summed E-state index contributed by atoms with van der Waals surface area (Å²) >= 11 is 2.17. The predicted octanol–water partition coefficient (Wildman–Crippen LogP) is 1.31. The normalized spacial score (nSPS) is 36.7. The number of thioether (sulfide) groups is 1. The smallest absolute Gasteiger partial charge is 0.0180 e. The third-order valence-corrected chi connectivity index (χ3v) is 4.43. The first-order valence-electron chi connectivity index (χ1n) is 5.44. The Morgan fingerprint density at radius 3 is 2.85 bits per heavy atom. The molecule has 2 atom stereocenters. The number of likely N-dealkylation sites (tertiary alicyclic amines) is 1. The second kappa shape index (κ2) is 4.67. The van der Waals surface area contributed by atoms with Gasteiger partial charge in [0.15, 0.2) is 0 Å². The van der Waals surface area contributed by atoms with Crippen LogP contribution in [0.4, 0.5) is 0 Å². The van der Waals surface area contributed by atoms with Gasteiger partial charge in [-0.3, -0.25) is 0 Å². The molecule has 0 aliphatic carbocycles. The zero-order valence-electron chi connectivity index (χ0n) is 8.24. The maximum absolute atomic E-state index is 5.88. The van der Waals surface area contributed by atoms with Gasteiger partial charge in [0, 0.05) is 24.4 Å². The van der Waals surface area contributed by atoms with Crippen molar-refractivity contribution < 1.29 is 0 Å². The molecule has 2 aliphatic rings. The van der Waals surface area contributed by atoms with Crippen LogP contribution in [-0.2, 0) is 0 Å². The number of rotatable bonds is 2. The van der Waals surface area contributed by atoms with Crippen molar-refractivity contribution in [3.05, 3.63) is 0 Å². The van der Waals surface area contributed by atoms with Crippen molar-refractivity contribution in [2.45, 2.75) is 37.0 Å². The molecule has 13 heavy (non-hydrogen) atoms. The monoisotopic (exact) mass is 200 g/mol. The molecule has 0 aromatic carbocycles. The van der Waals surface area contributed by atoms with E-state index in [1.165, 1.54) is 44.5 Å². The van der Waals surface area contributed by atoms with Gasteiger partial charge in [-0.1, -0.05) is 6.42 Å². The Hall–Kier alpha value is 0.270. The van der Waals surface area contributed by atoms with Crippen molar-refractivity contribution in [2.75, 3.05) is 25.4 Å². The largest absolute Gasteiger partial charge is 0.326 e. The number of nitrogens with zero attached hydrogens (tertiary/aromatic N) is 1. The molecule has 0 bridgehead atoms. The van der Waals surface area contributed by atoms with E-state index in [0.717, 1.165) is 11.8 Å². The summed E-state index contributed by atoms with van der Waals surface area (Å²) in [7, 11) is 0. The van der Waals surface area contributed by atoms with E-state index in [4.69, 9.17) is 5.73 Å². The fraction of sp³-hybridized carbons (Fsp3) is 1.00. The van der Waals surface area contributed by atoms with Crippen molar-refractivity contribution in [2.24, 2.45) is 5.73 Å². The van der Waals surface area contributed by atoms with Crippen molar-refractivity contribution in [1.82, 2.24) is 4.90 Å². The lowest BCUT2D eigenvalue weighted by Gasteiger charge is -2.26. The third-order valence-electron chi connectivity index (χ3n) is 3.04. The van der Waals surface area contributed by atoms with Crippen molar-refractivity contribution in [3.63, 3.8) is 0 Å². The molecule has 0 aromatic heterocycles. The molecule has 2 fully saturated rings. The van der Waals surface area contributed by atoms with Crippen LogP contribution in [0.3, 0.4) is 0 Å². The molecule has 0 spiro atoms. The fourth-order valence-corrected chi connectivity index (χ4v) is 3.62. The fourth-order valence-electron chi connectivity index (χ4n) is 2.27. The summed E-state index contributed by atoms with van der Waals surface area (Å²) in [4.78, 5) is 2.55. The molecule has 0 radical (unpaired) electrons. The Morgan fingerprint density at radius 2 is 2.23 bits per heavy atom. The van der Waals surface area contributed by atoms with E-state index in [9.17, 15) is 0 Å². The Kier molecular flexibility index (Phi) is 3.52. The second-order valence-corrected chi connectivity index (χ2v) is 5.71. The van der Waals surface area contributed by atoms with Gasteiger partial charge in [-0.25, -0.2) is 0 Å². The summed E-state index contributed by atoms with van der Waals surface area (Å²) < 4.78 is 0. The van der Waals surface area contributed by atoms with E-state index in [2.05, 4.69) is 16.7 Å².